The van der Waals surface area contributed by atoms with E-state index in [-0.39, 0.29) is 5.91 Å². The number of amides is 1. The van der Waals surface area contributed by atoms with Crippen LogP contribution >= 0.6 is 0 Å². The highest BCUT2D eigenvalue weighted by Gasteiger charge is 2.23. The van der Waals surface area contributed by atoms with Crippen molar-refractivity contribution in [3.8, 4) is 0 Å². The Morgan fingerprint density at radius 1 is 1.42 bits per heavy atom. The normalized spacial score (nSPS) is 19.7. The number of piperazine rings is 1. The zero-order valence-corrected chi connectivity index (χ0v) is 11.8. The smallest absolute Gasteiger partial charge is 0.237 e. The quantitative estimate of drug-likeness (QED) is 0.876. The zero-order chi connectivity index (χ0) is 13.7. The van der Waals surface area contributed by atoms with Crippen LogP contribution in [0.2, 0.25) is 0 Å². The van der Waals surface area contributed by atoms with Crippen molar-refractivity contribution in [3.05, 3.63) is 35.9 Å². The van der Waals surface area contributed by atoms with Crippen LogP contribution in [-0.4, -0.2) is 55.0 Å². The van der Waals surface area contributed by atoms with E-state index in [1.165, 1.54) is 5.56 Å². The number of benzene rings is 1. The first-order valence-corrected chi connectivity index (χ1v) is 6.89. The summed E-state index contributed by atoms with van der Waals surface area (Å²) in [6.07, 6.45) is 0. The fraction of sp³-hybridized carbons (Fsp3) is 0.533. The number of carbonyl (C=O) groups is 1. The highest BCUT2D eigenvalue weighted by Crippen LogP contribution is 2.06. The van der Waals surface area contributed by atoms with Gasteiger partial charge in [-0.15, -0.1) is 0 Å². The second-order valence-electron chi connectivity index (χ2n) is 5.30. The van der Waals surface area contributed by atoms with Gasteiger partial charge in [0.15, 0.2) is 0 Å². The molecule has 19 heavy (non-hydrogen) atoms. The first-order valence-electron chi connectivity index (χ1n) is 6.89. The number of rotatable bonds is 4. The van der Waals surface area contributed by atoms with E-state index in [2.05, 4.69) is 29.3 Å². The van der Waals surface area contributed by atoms with Crippen LogP contribution in [0.4, 0.5) is 0 Å². The Balaban J connectivity index is 1.84. The summed E-state index contributed by atoms with van der Waals surface area (Å²) in [5, 5.41) is 3.31. The first kappa shape index (κ1) is 14.0. The maximum Gasteiger partial charge on any atom is 0.237 e. The molecule has 104 valence electrons. The first-order chi connectivity index (χ1) is 9.16. The van der Waals surface area contributed by atoms with Gasteiger partial charge in [-0.1, -0.05) is 30.3 Å². The molecule has 0 bridgehead atoms. The molecule has 1 amide bonds. The second-order valence-corrected chi connectivity index (χ2v) is 5.30. The lowest BCUT2D eigenvalue weighted by Crippen LogP contribution is -2.54. The minimum atomic E-state index is 0.229. The number of nitrogens with one attached hydrogen (secondary N) is 1. The molecule has 1 saturated heterocycles. The van der Waals surface area contributed by atoms with Gasteiger partial charge >= 0.3 is 0 Å². The Morgan fingerprint density at radius 2 is 2.16 bits per heavy atom. The molecule has 4 nitrogen and oxygen atoms in total. The van der Waals surface area contributed by atoms with Crippen molar-refractivity contribution in [1.29, 1.82) is 0 Å². The molecule has 0 radical (unpaired) electrons. The van der Waals surface area contributed by atoms with Crippen LogP contribution in [0.25, 0.3) is 0 Å². The molecular weight excluding hydrogens is 238 g/mol. The van der Waals surface area contributed by atoms with E-state index in [0.29, 0.717) is 12.6 Å². The summed E-state index contributed by atoms with van der Waals surface area (Å²) in [5.41, 5.74) is 1.24. The lowest BCUT2D eigenvalue weighted by Gasteiger charge is -2.35. The van der Waals surface area contributed by atoms with Crippen molar-refractivity contribution < 1.29 is 4.79 Å². The van der Waals surface area contributed by atoms with Crippen molar-refractivity contribution >= 4 is 5.91 Å². The van der Waals surface area contributed by atoms with Crippen LogP contribution in [0.3, 0.4) is 0 Å². The number of carbonyl (C=O) groups excluding carboxylic acids is 1. The Hall–Kier alpha value is -1.39. The third kappa shape index (κ3) is 4.04. The van der Waals surface area contributed by atoms with E-state index in [0.717, 1.165) is 26.2 Å². The Morgan fingerprint density at radius 3 is 2.84 bits per heavy atom. The minimum absolute atomic E-state index is 0.229. The molecule has 1 heterocycles. The molecule has 0 aliphatic carbocycles. The number of nitrogens with zero attached hydrogens (tertiary/aromatic N) is 2. The highest BCUT2D eigenvalue weighted by molar-refractivity contribution is 5.78. The number of hydrogen-bond acceptors (Lipinski definition) is 3. The van der Waals surface area contributed by atoms with Gasteiger partial charge in [-0.05, 0) is 19.5 Å². The predicted octanol–water partition coefficient (Wildman–Crippen LogP) is 0.939. The summed E-state index contributed by atoms with van der Waals surface area (Å²) in [7, 11) is 2.00. The monoisotopic (exact) mass is 261 g/mol. The van der Waals surface area contributed by atoms with Crippen LogP contribution in [0.1, 0.15) is 12.5 Å². The third-order valence-corrected chi connectivity index (χ3v) is 3.52. The minimum Gasteiger partial charge on any atom is -0.336 e. The number of likely N-dealkylation sites (N-methyl/N-ethyl adjacent to an activating group) is 1. The van der Waals surface area contributed by atoms with Crippen molar-refractivity contribution in [2.45, 2.75) is 19.5 Å². The van der Waals surface area contributed by atoms with Gasteiger partial charge in [0, 0.05) is 32.2 Å². The van der Waals surface area contributed by atoms with Gasteiger partial charge in [0.2, 0.25) is 5.91 Å². The van der Waals surface area contributed by atoms with Gasteiger partial charge in [-0.3, -0.25) is 9.69 Å². The lowest BCUT2D eigenvalue weighted by atomic mass is 10.2. The topological polar surface area (TPSA) is 35.6 Å². The van der Waals surface area contributed by atoms with Gasteiger partial charge in [0.05, 0.1) is 6.54 Å². The lowest BCUT2D eigenvalue weighted by molar-refractivity contribution is -0.135. The summed E-state index contributed by atoms with van der Waals surface area (Å²) in [6, 6.07) is 10.6. The van der Waals surface area contributed by atoms with Gasteiger partial charge in [-0.25, -0.2) is 0 Å². The fourth-order valence-electron chi connectivity index (χ4n) is 2.48. The third-order valence-electron chi connectivity index (χ3n) is 3.52. The molecule has 0 spiro atoms. The standard InChI is InChI=1S/C15H23N3O/c1-13-10-16-8-9-18(13)15(19)12-17(2)11-14-6-4-3-5-7-14/h3-7,13,16H,8-12H2,1-2H3/t13-/m0/s1. The summed E-state index contributed by atoms with van der Waals surface area (Å²) in [5.74, 6) is 0.229. The van der Waals surface area contributed by atoms with Gasteiger partial charge in [0.1, 0.15) is 0 Å². The largest absolute Gasteiger partial charge is 0.336 e. The maximum atomic E-state index is 12.3. The van der Waals surface area contributed by atoms with Gasteiger partial charge in [0.25, 0.3) is 0 Å². The van der Waals surface area contributed by atoms with Crippen molar-refractivity contribution in [2.24, 2.45) is 0 Å². The maximum absolute atomic E-state index is 12.3. The summed E-state index contributed by atoms with van der Waals surface area (Å²) >= 11 is 0. The van der Waals surface area contributed by atoms with E-state index in [1.807, 2.05) is 30.1 Å². The fourth-order valence-corrected chi connectivity index (χ4v) is 2.48. The van der Waals surface area contributed by atoms with Gasteiger partial charge < -0.3 is 10.2 Å². The van der Waals surface area contributed by atoms with Crippen LogP contribution in [-0.2, 0) is 11.3 Å². The molecule has 2 rings (SSSR count). The molecule has 1 fully saturated rings. The molecule has 4 heteroatoms. The Kier molecular flexibility index (Phi) is 4.93. The molecule has 1 aliphatic heterocycles. The van der Waals surface area contributed by atoms with Crippen LogP contribution in [0, 0.1) is 0 Å². The average Bonchev–Trinajstić information content (AvgIpc) is 2.40. The number of hydrogen-bond donors (Lipinski definition) is 1. The van der Waals surface area contributed by atoms with E-state index in [4.69, 9.17) is 0 Å². The summed E-state index contributed by atoms with van der Waals surface area (Å²) < 4.78 is 0. The Labute approximate surface area is 115 Å². The van der Waals surface area contributed by atoms with E-state index < -0.39 is 0 Å². The summed E-state index contributed by atoms with van der Waals surface area (Å²) in [4.78, 5) is 16.3. The van der Waals surface area contributed by atoms with Gasteiger partial charge in [-0.2, -0.15) is 0 Å². The van der Waals surface area contributed by atoms with E-state index in [9.17, 15) is 4.79 Å². The zero-order valence-electron chi connectivity index (χ0n) is 11.8. The van der Waals surface area contributed by atoms with Crippen molar-refractivity contribution in [2.75, 3.05) is 33.2 Å². The van der Waals surface area contributed by atoms with Crippen LogP contribution < -0.4 is 5.32 Å². The SMILES string of the molecule is C[C@H]1CNCCN1C(=O)CN(C)Cc1ccccc1. The van der Waals surface area contributed by atoms with Crippen LogP contribution in [0.15, 0.2) is 30.3 Å². The molecule has 1 atom stereocenters. The Bertz CT molecular complexity index is 407. The molecular formula is C15H23N3O. The van der Waals surface area contributed by atoms with Crippen molar-refractivity contribution in [1.82, 2.24) is 15.1 Å². The highest BCUT2D eigenvalue weighted by atomic mass is 16.2. The molecule has 0 unspecified atom stereocenters. The van der Waals surface area contributed by atoms with E-state index >= 15 is 0 Å². The van der Waals surface area contributed by atoms with E-state index in [1.54, 1.807) is 0 Å². The molecule has 1 N–H and O–H groups in total. The molecule has 0 aromatic heterocycles. The molecule has 0 saturated carbocycles. The molecule has 1 aromatic carbocycles. The average molecular weight is 261 g/mol. The predicted molar refractivity (Wildman–Crippen MR) is 76.8 cm³/mol. The summed E-state index contributed by atoms with van der Waals surface area (Å²) in [6.45, 7) is 6.01. The van der Waals surface area contributed by atoms with Crippen LogP contribution in [0.5, 0.6) is 0 Å². The van der Waals surface area contributed by atoms with Crippen molar-refractivity contribution in [3.63, 3.8) is 0 Å². The molecule has 1 aromatic rings. The second kappa shape index (κ2) is 6.68. The molecule has 1 aliphatic rings.